The fraction of sp³-hybridized carbons (Fsp3) is 0.630. The zero-order valence-electron chi connectivity index (χ0n) is 21.9. The number of carbonyl (C=O) groups is 3. The first-order valence-corrected chi connectivity index (χ1v) is 12.9. The van der Waals surface area contributed by atoms with Gasteiger partial charge in [-0.3, -0.25) is 19.8 Å². The number of hydrogen-bond donors (Lipinski definition) is 2. The van der Waals surface area contributed by atoms with Gasteiger partial charge in [0, 0.05) is 43.7 Å². The number of nitrogens with zero attached hydrogens (tertiary/aromatic N) is 2. The number of methoxy groups -OCH3 is 1. The highest BCUT2D eigenvalue weighted by Crippen LogP contribution is 2.28. The first-order valence-electron chi connectivity index (χ1n) is 12.9. The van der Waals surface area contributed by atoms with Crippen molar-refractivity contribution in [3.05, 3.63) is 35.1 Å². The van der Waals surface area contributed by atoms with E-state index in [1.54, 1.807) is 24.8 Å². The van der Waals surface area contributed by atoms with Crippen molar-refractivity contribution in [1.29, 1.82) is 5.41 Å². The summed E-state index contributed by atoms with van der Waals surface area (Å²) in [6, 6.07) is 4.26. The molecule has 0 aromatic heterocycles. The van der Waals surface area contributed by atoms with Crippen molar-refractivity contribution in [3.8, 4) is 0 Å². The van der Waals surface area contributed by atoms with Crippen LogP contribution in [-0.2, 0) is 14.3 Å². The molecule has 0 spiro atoms. The number of likely N-dealkylation sites (tertiary alicyclic amines) is 2. The van der Waals surface area contributed by atoms with E-state index in [4.69, 9.17) is 10.1 Å². The lowest BCUT2D eigenvalue weighted by atomic mass is 9.82. The molecule has 9 heteroatoms. The number of esters is 1. The Balaban J connectivity index is 1.63. The predicted molar refractivity (Wildman–Crippen MR) is 135 cm³/mol. The molecule has 36 heavy (non-hydrogen) atoms. The Labute approximate surface area is 213 Å². The molecular weight excluding hydrogens is 463 g/mol. The number of nitrogens with one attached hydrogen (secondary N) is 2. The Morgan fingerprint density at radius 2 is 1.78 bits per heavy atom. The van der Waals surface area contributed by atoms with Gasteiger partial charge >= 0.3 is 5.97 Å². The van der Waals surface area contributed by atoms with Gasteiger partial charge in [0.1, 0.15) is 11.7 Å². The van der Waals surface area contributed by atoms with Crippen LogP contribution in [0.15, 0.2) is 18.2 Å². The van der Waals surface area contributed by atoms with Crippen LogP contribution in [-0.4, -0.2) is 72.2 Å². The van der Waals surface area contributed by atoms with E-state index in [2.05, 4.69) is 5.32 Å². The molecule has 198 valence electrons. The molecule has 3 rings (SSSR count). The van der Waals surface area contributed by atoms with Gasteiger partial charge in [-0.05, 0) is 64.0 Å². The van der Waals surface area contributed by atoms with Gasteiger partial charge in [-0.15, -0.1) is 0 Å². The fourth-order valence-corrected chi connectivity index (χ4v) is 5.31. The molecule has 2 aliphatic heterocycles. The van der Waals surface area contributed by atoms with E-state index in [-0.39, 0.29) is 29.2 Å². The van der Waals surface area contributed by atoms with E-state index in [0.717, 1.165) is 38.8 Å². The molecule has 2 heterocycles. The summed E-state index contributed by atoms with van der Waals surface area (Å²) < 4.78 is 19.7. The zero-order valence-corrected chi connectivity index (χ0v) is 21.9. The second-order valence-corrected chi connectivity index (χ2v) is 10.4. The monoisotopic (exact) mass is 502 g/mol. The molecule has 0 radical (unpaired) electrons. The molecule has 2 saturated heterocycles. The van der Waals surface area contributed by atoms with Gasteiger partial charge in [0.2, 0.25) is 5.91 Å². The molecule has 2 aliphatic rings. The third-order valence-electron chi connectivity index (χ3n) is 7.53. The Bertz CT molecular complexity index is 982. The maximum absolute atomic E-state index is 14.9. The smallest absolute Gasteiger partial charge is 0.305 e. The first-order chi connectivity index (χ1) is 17.1. The van der Waals surface area contributed by atoms with Gasteiger partial charge < -0.3 is 19.9 Å². The summed E-state index contributed by atoms with van der Waals surface area (Å²) in [5, 5.41) is 11.2. The van der Waals surface area contributed by atoms with Crippen molar-refractivity contribution in [1.82, 2.24) is 15.1 Å². The summed E-state index contributed by atoms with van der Waals surface area (Å²) in [6.45, 7) is 8.16. The lowest BCUT2D eigenvalue weighted by Crippen LogP contribution is -2.55. The van der Waals surface area contributed by atoms with Crippen LogP contribution >= 0.6 is 0 Å². The maximum Gasteiger partial charge on any atom is 0.305 e. The molecule has 0 saturated carbocycles. The summed E-state index contributed by atoms with van der Waals surface area (Å²) in [4.78, 5) is 41.7. The van der Waals surface area contributed by atoms with Gasteiger partial charge in [0.25, 0.3) is 5.91 Å². The van der Waals surface area contributed by atoms with Gasteiger partial charge in [0.05, 0.1) is 18.6 Å². The standard InChI is InChI=1S/C27H39FN4O4/c1-5-21(26(35)32-14-10-18(11-15-32)16-23(33)36-4)27(2,3)30-25(34)20-9-8-19(17-22(20)28)24(29)31-12-6-7-13-31/h8-9,17-18,21,29H,5-7,10-16H2,1-4H3,(H,30,34). The Kier molecular flexibility index (Phi) is 9.08. The Morgan fingerprint density at radius 3 is 2.33 bits per heavy atom. The molecule has 1 aromatic rings. The highest BCUT2D eigenvalue weighted by atomic mass is 19.1. The van der Waals surface area contributed by atoms with Crippen LogP contribution in [0.2, 0.25) is 0 Å². The van der Waals surface area contributed by atoms with Crippen LogP contribution in [0.4, 0.5) is 4.39 Å². The molecule has 8 nitrogen and oxygen atoms in total. The van der Waals surface area contributed by atoms with Crippen molar-refractivity contribution in [2.75, 3.05) is 33.3 Å². The van der Waals surface area contributed by atoms with E-state index < -0.39 is 23.2 Å². The van der Waals surface area contributed by atoms with Crippen LogP contribution in [0.25, 0.3) is 0 Å². The fourth-order valence-electron chi connectivity index (χ4n) is 5.31. The molecule has 1 unspecified atom stereocenters. The number of carbonyl (C=O) groups excluding carboxylic acids is 3. The SMILES string of the molecule is CCC(C(=O)N1CCC(CC(=O)OC)CC1)C(C)(C)NC(=O)c1ccc(C(=N)N2CCCC2)cc1F. The van der Waals surface area contributed by atoms with Gasteiger partial charge in [-0.2, -0.15) is 0 Å². The van der Waals surface area contributed by atoms with Crippen molar-refractivity contribution >= 4 is 23.6 Å². The number of amidine groups is 1. The summed E-state index contributed by atoms with van der Waals surface area (Å²) in [7, 11) is 1.38. The quantitative estimate of drug-likeness (QED) is 0.321. The van der Waals surface area contributed by atoms with E-state index in [1.807, 2.05) is 11.8 Å². The van der Waals surface area contributed by atoms with Crippen molar-refractivity contribution < 1.29 is 23.5 Å². The summed E-state index contributed by atoms with van der Waals surface area (Å²) >= 11 is 0. The minimum Gasteiger partial charge on any atom is -0.469 e. The summed E-state index contributed by atoms with van der Waals surface area (Å²) in [5.74, 6) is -1.56. The average Bonchev–Trinajstić information content (AvgIpc) is 3.38. The second-order valence-electron chi connectivity index (χ2n) is 10.4. The number of rotatable bonds is 8. The largest absolute Gasteiger partial charge is 0.469 e. The van der Waals surface area contributed by atoms with E-state index in [0.29, 0.717) is 31.5 Å². The van der Waals surface area contributed by atoms with Crippen LogP contribution in [0.5, 0.6) is 0 Å². The number of piperidine rings is 1. The molecule has 1 atom stereocenters. The van der Waals surface area contributed by atoms with Crippen LogP contribution in [0, 0.1) is 23.1 Å². The highest BCUT2D eigenvalue weighted by Gasteiger charge is 2.39. The first kappa shape index (κ1) is 27.6. The topological polar surface area (TPSA) is 103 Å². The number of halogens is 1. The van der Waals surface area contributed by atoms with Crippen LogP contribution in [0.3, 0.4) is 0 Å². The normalized spacial score (nSPS) is 17.6. The lowest BCUT2D eigenvalue weighted by molar-refractivity contribution is -0.142. The molecule has 2 fully saturated rings. The minimum atomic E-state index is -0.904. The van der Waals surface area contributed by atoms with Gasteiger partial charge in [-0.25, -0.2) is 4.39 Å². The van der Waals surface area contributed by atoms with E-state index in [9.17, 15) is 18.8 Å². The molecule has 0 aliphatic carbocycles. The number of ether oxygens (including phenoxy) is 1. The predicted octanol–water partition coefficient (Wildman–Crippen LogP) is 3.58. The van der Waals surface area contributed by atoms with E-state index >= 15 is 0 Å². The second kappa shape index (κ2) is 11.8. The Hall–Kier alpha value is -2.97. The Morgan fingerprint density at radius 1 is 1.14 bits per heavy atom. The van der Waals surface area contributed by atoms with Gasteiger partial charge in [0.15, 0.2) is 0 Å². The molecular formula is C27H39FN4O4. The van der Waals surface area contributed by atoms with Crippen molar-refractivity contribution in [2.24, 2.45) is 11.8 Å². The molecule has 2 N–H and O–H groups in total. The third-order valence-corrected chi connectivity index (χ3v) is 7.53. The highest BCUT2D eigenvalue weighted by molar-refractivity contribution is 5.99. The maximum atomic E-state index is 14.9. The van der Waals surface area contributed by atoms with Crippen LogP contribution < -0.4 is 5.32 Å². The zero-order chi connectivity index (χ0) is 26.5. The number of benzene rings is 1. The van der Waals surface area contributed by atoms with Crippen molar-refractivity contribution in [3.63, 3.8) is 0 Å². The molecule has 2 amide bonds. The lowest BCUT2D eigenvalue weighted by Gasteiger charge is -2.39. The van der Waals surface area contributed by atoms with Gasteiger partial charge in [-0.1, -0.05) is 13.0 Å². The summed E-state index contributed by atoms with van der Waals surface area (Å²) in [5.41, 5.74) is -0.562. The summed E-state index contributed by atoms with van der Waals surface area (Å²) in [6.07, 6.45) is 4.37. The average molecular weight is 503 g/mol. The van der Waals surface area contributed by atoms with Crippen LogP contribution in [0.1, 0.15) is 75.2 Å². The van der Waals surface area contributed by atoms with Crippen molar-refractivity contribution in [2.45, 2.75) is 64.8 Å². The van der Waals surface area contributed by atoms with E-state index in [1.165, 1.54) is 19.2 Å². The number of amides is 2. The molecule has 0 bridgehead atoms. The third kappa shape index (κ3) is 6.42. The number of hydrogen-bond acceptors (Lipinski definition) is 5. The molecule has 1 aromatic carbocycles. The minimum absolute atomic E-state index is 0.0470.